The Bertz CT molecular complexity index is 824. The van der Waals surface area contributed by atoms with E-state index in [9.17, 15) is 9.18 Å². The highest BCUT2D eigenvalue weighted by atomic mass is 35.5. The zero-order valence-electron chi connectivity index (χ0n) is 11.1. The fraction of sp³-hybridized carbons (Fsp3) is 0.0625. The first-order valence-electron chi connectivity index (χ1n) is 6.29. The van der Waals surface area contributed by atoms with Gasteiger partial charge in [0.2, 0.25) is 0 Å². The molecule has 0 aliphatic rings. The average Bonchev–Trinajstić information content (AvgIpc) is 2.77. The number of carbonyl (C=O) groups is 1. The van der Waals surface area contributed by atoms with Crippen LogP contribution in [0.1, 0.15) is 6.92 Å². The maximum Gasteiger partial charge on any atom is 0.308 e. The summed E-state index contributed by atoms with van der Waals surface area (Å²) in [5, 5.41) is 1.27. The Kier molecular flexibility index (Phi) is 3.39. The molecule has 3 aromatic rings. The second kappa shape index (κ2) is 5.22. The highest BCUT2D eigenvalue weighted by Gasteiger charge is 2.13. The summed E-state index contributed by atoms with van der Waals surface area (Å²) in [7, 11) is 0. The Morgan fingerprint density at radius 1 is 1.19 bits per heavy atom. The first-order valence-corrected chi connectivity index (χ1v) is 6.67. The molecule has 0 N–H and O–H groups in total. The second-order valence-electron chi connectivity index (χ2n) is 4.59. The quantitative estimate of drug-likeness (QED) is 0.659. The number of fused-ring (bicyclic) bond motifs is 1. The molecule has 3 rings (SSSR count). The molecule has 0 aliphatic heterocycles. The van der Waals surface area contributed by atoms with Gasteiger partial charge in [0.05, 0.1) is 11.7 Å². The van der Waals surface area contributed by atoms with Gasteiger partial charge >= 0.3 is 5.97 Å². The fourth-order valence-corrected chi connectivity index (χ4v) is 2.40. The predicted octanol–water partition coefficient (Wildman–Crippen LogP) is 4.35. The van der Waals surface area contributed by atoms with Crippen molar-refractivity contribution in [1.29, 1.82) is 0 Å². The topological polar surface area (TPSA) is 31.2 Å². The van der Waals surface area contributed by atoms with E-state index in [1.165, 1.54) is 19.1 Å². The molecule has 0 bridgehead atoms. The van der Waals surface area contributed by atoms with Crippen molar-refractivity contribution < 1.29 is 13.9 Å². The lowest BCUT2D eigenvalue weighted by molar-refractivity contribution is -0.131. The molecule has 0 aliphatic carbocycles. The van der Waals surface area contributed by atoms with E-state index < -0.39 is 5.97 Å². The van der Waals surface area contributed by atoms with Crippen LogP contribution < -0.4 is 4.74 Å². The van der Waals surface area contributed by atoms with Crippen LogP contribution in [-0.4, -0.2) is 10.5 Å². The molecular weight excluding hydrogens is 293 g/mol. The fourth-order valence-electron chi connectivity index (χ4n) is 2.22. The van der Waals surface area contributed by atoms with Gasteiger partial charge in [-0.2, -0.15) is 0 Å². The Morgan fingerprint density at radius 3 is 2.57 bits per heavy atom. The van der Waals surface area contributed by atoms with Gasteiger partial charge in [-0.05, 0) is 42.5 Å². The first-order chi connectivity index (χ1) is 10.0. The molecule has 2 aromatic carbocycles. The van der Waals surface area contributed by atoms with Gasteiger partial charge in [0.1, 0.15) is 5.82 Å². The van der Waals surface area contributed by atoms with E-state index in [0.717, 1.165) is 16.6 Å². The maximum atomic E-state index is 13.1. The van der Waals surface area contributed by atoms with Crippen molar-refractivity contribution in [2.24, 2.45) is 0 Å². The van der Waals surface area contributed by atoms with Gasteiger partial charge in [0.15, 0.2) is 5.75 Å². The summed E-state index contributed by atoms with van der Waals surface area (Å²) in [5.41, 5.74) is 1.59. The Balaban J connectivity index is 2.23. The van der Waals surface area contributed by atoms with Crippen molar-refractivity contribution in [2.75, 3.05) is 0 Å². The molecule has 0 atom stereocenters. The number of carbonyl (C=O) groups excluding carboxylic acids is 1. The van der Waals surface area contributed by atoms with E-state index in [2.05, 4.69) is 0 Å². The monoisotopic (exact) mass is 303 g/mol. The molecule has 3 nitrogen and oxygen atoms in total. The summed E-state index contributed by atoms with van der Waals surface area (Å²) in [4.78, 5) is 11.2. The molecule has 0 amide bonds. The van der Waals surface area contributed by atoms with Crippen LogP contribution in [-0.2, 0) is 4.79 Å². The smallest absolute Gasteiger partial charge is 0.308 e. The van der Waals surface area contributed by atoms with Crippen LogP contribution in [0.25, 0.3) is 16.6 Å². The van der Waals surface area contributed by atoms with Gasteiger partial charge in [-0.15, -0.1) is 0 Å². The summed E-state index contributed by atoms with van der Waals surface area (Å²) >= 11 is 6.00. The Morgan fingerprint density at radius 2 is 1.90 bits per heavy atom. The lowest BCUT2D eigenvalue weighted by Crippen LogP contribution is -2.00. The van der Waals surface area contributed by atoms with E-state index in [-0.39, 0.29) is 5.82 Å². The van der Waals surface area contributed by atoms with Crippen LogP contribution in [0.4, 0.5) is 4.39 Å². The lowest BCUT2D eigenvalue weighted by atomic mass is 10.2. The standard InChI is InChI=1S/C16H11ClFNO2/c1-10(20)21-16-9-19(13-5-3-12(18)4-6-13)15-7-2-11(17)8-14(15)16/h2-9H,1H3. The van der Waals surface area contributed by atoms with E-state index in [1.807, 2.05) is 10.6 Å². The number of benzene rings is 2. The minimum atomic E-state index is -0.409. The van der Waals surface area contributed by atoms with E-state index in [0.29, 0.717) is 10.8 Å². The van der Waals surface area contributed by atoms with E-state index >= 15 is 0 Å². The molecule has 0 fully saturated rings. The van der Waals surface area contributed by atoms with Crippen LogP contribution in [0, 0.1) is 5.82 Å². The van der Waals surface area contributed by atoms with Crippen LogP contribution in [0.15, 0.2) is 48.7 Å². The first kappa shape index (κ1) is 13.6. The van der Waals surface area contributed by atoms with Crippen LogP contribution >= 0.6 is 11.6 Å². The van der Waals surface area contributed by atoms with Gasteiger partial charge in [0.25, 0.3) is 0 Å². The normalized spacial score (nSPS) is 10.8. The molecule has 0 radical (unpaired) electrons. The van der Waals surface area contributed by atoms with Gasteiger partial charge in [0, 0.05) is 23.0 Å². The van der Waals surface area contributed by atoms with Gasteiger partial charge < -0.3 is 9.30 Å². The number of rotatable bonds is 2. The number of hydrogen-bond donors (Lipinski definition) is 0. The number of aromatic nitrogens is 1. The summed E-state index contributed by atoms with van der Waals surface area (Å²) < 4.78 is 20.1. The van der Waals surface area contributed by atoms with Gasteiger partial charge in [-0.3, -0.25) is 4.79 Å². The average molecular weight is 304 g/mol. The van der Waals surface area contributed by atoms with Gasteiger partial charge in [-0.25, -0.2) is 4.39 Å². The van der Waals surface area contributed by atoms with Crippen molar-refractivity contribution >= 4 is 28.5 Å². The second-order valence-corrected chi connectivity index (χ2v) is 5.03. The number of nitrogens with zero attached hydrogens (tertiary/aromatic N) is 1. The minimum absolute atomic E-state index is 0.307. The Labute approximate surface area is 125 Å². The number of esters is 1. The zero-order valence-corrected chi connectivity index (χ0v) is 11.9. The minimum Gasteiger partial charge on any atom is -0.424 e. The molecule has 21 heavy (non-hydrogen) atoms. The van der Waals surface area contributed by atoms with Gasteiger partial charge in [-0.1, -0.05) is 11.6 Å². The van der Waals surface area contributed by atoms with Crippen LogP contribution in [0.2, 0.25) is 5.02 Å². The zero-order chi connectivity index (χ0) is 15.0. The molecule has 5 heteroatoms. The summed E-state index contributed by atoms with van der Waals surface area (Å²) in [6.07, 6.45) is 1.69. The van der Waals surface area contributed by atoms with E-state index in [4.69, 9.17) is 16.3 Å². The number of ether oxygens (including phenoxy) is 1. The highest BCUT2D eigenvalue weighted by Crippen LogP contribution is 2.32. The largest absolute Gasteiger partial charge is 0.424 e. The molecule has 0 saturated carbocycles. The van der Waals surface area contributed by atoms with Crippen LogP contribution in [0.5, 0.6) is 5.75 Å². The maximum absolute atomic E-state index is 13.1. The summed E-state index contributed by atoms with van der Waals surface area (Å²) in [5.74, 6) is -0.295. The molecule has 1 heterocycles. The molecule has 0 unspecified atom stereocenters. The van der Waals surface area contributed by atoms with Crippen molar-refractivity contribution in [3.8, 4) is 11.4 Å². The lowest BCUT2D eigenvalue weighted by Gasteiger charge is -2.04. The van der Waals surface area contributed by atoms with Crippen molar-refractivity contribution in [1.82, 2.24) is 4.57 Å². The Hall–Kier alpha value is -2.33. The number of hydrogen-bond acceptors (Lipinski definition) is 2. The third-order valence-electron chi connectivity index (χ3n) is 3.09. The molecular formula is C16H11ClFNO2. The van der Waals surface area contributed by atoms with Crippen LogP contribution in [0.3, 0.4) is 0 Å². The van der Waals surface area contributed by atoms with Crippen molar-refractivity contribution in [3.63, 3.8) is 0 Å². The van der Waals surface area contributed by atoms with E-state index in [1.54, 1.807) is 30.5 Å². The molecule has 106 valence electrons. The third kappa shape index (κ3) is 2.62. The third-order valence-corrected chi connectivity index (χ3v) is 3.32. The SMILES string of the molecule is CC(=O)Oc1cn(-c2ccc(F)cc2)c2ccc(Cl)cc12. The molecule has 1 aromatic heterocycles. The summed E-state index contributed by atoms with van der Waals surface area (Å²) in [6, 6.07) is 11.4. The predicted molar refractivity (Wildman–Crippen MR) is 79.6 cm³/mol. The molecule has 0 spiro atoms. The number of halogens is 2. The van der Waals surface area contributed by atoms with Crippen molar-refractivity contribution in [2.45, 2.75) is 6.92 Å². The highest BCUT2D eigenvalue weighted by molar-refractivity contribution is 6.31. The summed E-state index contributed by atoms with van der Waals surface area (Å²) in [6.45, 7) is 1.34. The van der Waals surface area contributed by atoms with Crippen molar-refractivity contribution in [3.05, 3.63) is 59.5 Å². The molecule has 0 saturated heterocycles.